The van der Waals surface area contributed by atoms with E-state index in [4.69, 9.17) is 4.74 Å². The molecular formula is C15H24N2O2. The van der Waals surface area contributed by atoms with Crippen molar-refractivity contribution in [3.05, 3.63) is 36.6 Å². The standard InChI is InChI=1S/C15H24N2O2/c1-4-6-12(7-5-2)16-15(18)17-13-8-10-14(19-3)11-9-13/h4-7,13-14H,1,8-11H2,2-3H3,(H2,16,17,18)/b7-5-,12-6+. The van der Waals surface area contributed by atoms with E-state index in [1.165, 1.54) is 0 Å². The highest BCUT2D eigenvalue weighted by Gasteiger charge is 2.21. The van der Waals surface area contributed by atoms with Crippen LogP contribution in [0, 0.1) is 0 Å². The summed E-state index contributed by atoms with van der Waals surface area (Å²) in [5.74, 6) is 0. The molecule has 0 radical (unpaired) electrons. The molecule has 0 aromatic heterocycles. The molecule has 106 valence electrons. The van der Waals surface area contributed by atoms with E-state index in [9.17, 15) is 4.79 Å². The highest BCUT2D eigenvalue weighted by molar-refractivity contribution is 5.76. The van der Waals surface area contributed by atoms with Crippen LogP contribution in [0.2, 0.25) is 0 Å². The van der Waals surface area contributed by atoms with Gasteiger partial charge in [0.05, 0.1) is 6.10 Å². The average Bonchev–Trinajstić information content (AvgIpc) is 2.40. The number of amides is 2. The number of carbonyl (C=O) groups is 1. The van der Waals surface area contributed by atoms with Gasteiger partial charge in [0, 0.05) is 18.8 Å². The molecule has 1 fully saturated rings. The molecule has 0 bridgehead atoms. The summed E-state index contributed by atoms with van der Waals surface area (Å²) in [6.07, 6.45) is 11.4. The van der Waals surface area contributed by atoms with Gasteiger partial charge in [0.15, 0.2) is 0 Å². The van der Waals surface area contributed by atoms with Crippen molar-refractivity contribution >= 4 is 6.03 Å². The van der Waals surface area contributed by atoms with E-state index in [0.29, 0.717) is 6.10 Å². The molecule has 4 heteroatoms. The van der Waals surface area contributed by atoms with E-state index in [1.54, 1.807) is 19.3 Å². The second-order valence-corrected chi connectivity index (χ2v) is 4.67. The summed E-state index contributed by atoms with van der Waals surface area (Å²) in [5, 5.41) is 5.81. The summed E-state index contributed by atoms with van der Waals surface area (Å²) in [5.41, 5.74) is 0.737. The topological polar surface area (TPSA) is 50.4 Å². The number of allylic oxidation sites excluding steroid dienone is 4. The first-order chi connectivity index (χ1) is 9.19. The molecule has 4 nitrogen and oxygen atoms in total. The predicted octanol–water partition coefficient (Wildman–Crippen LogP) is 2.89. The monoisotopic (exact) mass is 264 g/mol. The number of urea groups is 1. The van der Waals surface area contributed by atoms with Crippen LogP contribution in [0.4, 0.5) is 4.79 Å². The Hall–Kier alpha value is -1.55. The molecule has 0 atom stereocenters. The van der Waals surface area contributed by atoms with Crippen LogP contribution in [0.15, 0.2) is 36.6 Å². The van der Waals surface area contributed by atoms with Crippen molar-refractivity contribution in [3.8, 4) is 0 Å². The van der Waals surface area contributed by atoms with Crippen LogP contribution < -0.4 is 10.6 Å². The Bertz CT molecular complexity index is 353. The summed E-state index contributed by atoms with van der Waals surface area (Å²) < 4.78 is 5.32. The van der Waals surface area contributed by atoms with E-state index < -0.39 is 0 Å². The summed E-state index contributed by atoms with van der Waals surface area (Å²) in [6, 6.07) is 0.0778. The third-order valence-corrected chi connectivity index (χ3v) is 3.24. The van der Waals surface area contributed by atoms with E-state index >= 15 is 0 Å². The molecule has 2 amide bonds. The van der Waals surface area contributed by atoms with Crippen LogP contribution in [0.25, 0.3) is 0 Å². The minimum atomic E-state index is -0.160. The lowest BCUT2D eigenvalue weighted by molar-refractivity contribution is 0.0636. The first kappa shape index (κ1) is 15.5. The maximum absolute atomic E-state index is 11.9. The van der Waals surface area contributed by atoms with Gasteiger partial charge < -0.3 is 15.4 Å². The van der Waals surface area contributed by atoms with Gasteiger partial charge in [-0.25, -0.2) is 4.79 Å². The lowest BCUT2D eigenvalue weighted by Gasteiger charge is -2.28. The fourth-order valence-electron chi connectivity index (χ4n) is 2.24. The van der Waals surface area contributed by atoms with E-state index in [-0.39, 0.29) is 12.1 Å². The third kappa shape index (κ3) is 5.75. The number of carbonyl (C=O) groups excluding carboxylic acids is 1. The van der Waals surface area contributed by atoms with Crippen LogP contribution in [-0.2, 0) is 4.74 Å². The smallest absolute Gasteiger partial charge is 0.319 e. The second-order valence-electron chi connectivity index (χ2n) is 4.67. The zero-order valence-corrected chi connectivity index (χ0v) is 11.8. The van der Waals surface area contributed by atoms with Crippen molar-refractivity contribution < 1.29 is 9.53 Å². The lowest BCUT2D eigenvalue weighted by Crippen LogP contribution is -2.43. The Labute approximate surface area is 115 Å². The van der Waals surface area contributed by atoms with Crippen molar-refractivity contribution in [2.24, 2.45) is 0 Å². The number of methoxy groups -OCH3 is 1. The molecule has 0 saturated heterocycles. The first-order valence-electron chi connectivity index (χ1n) is 6.75. The van der Waals surface area contributed by atoms with Gasteiger partial charge >= 0.3 is 6.03 Å². The predicted molar refractivity (Wildman–Crippen MR) is 77.8 cm³/mol. The Morgan fingerprint density at radius 3 is 2.53 bits per heavy atom. The average molecular weight is 264 g/mol. The maximum Gasteiger partial charge on any atom is 0.319 e. The molecule has 1 aliphatic rings. The number of hydrogen-bond donors (Lipinski definition) is 2. The number of rotatable bonds is 5. The van der Waals surface area contributed by atoms with Gasteiger partial charge in [0.2, 0.25) is 0 Å². The van der Waals surface area contributed by atoms with Crippen molar-refractivity contribution in [2.45, 2.75) is 44.8 Å². The van der Waals surface area contributed by atoms with Crippen LogP contribution in [-0.4, -0.2) is 25.3 Å². The van der Waals surface area contributed by atoms with Crippen molar-refractivity contribution in [3.63, 3.8) is 0 Å². The summed E-state index contributed by atoms with van der Waals surface area (Å²) in [6.45, 7) is 5.53. The minimum absolute atomic E-state index is 0.160. The van der Waals surface area contributed by atoms with E-state index in [1.807, 2.05) is 19.1 Å². The Morgan fingerprint density at radius 1 is 1.32 bits per heavy atom. The molecule has 0 unspecified atom stereocenters. The van der Waals surface area contributed by atoms with Gasteiger partial charge in [0.25, 0.3) is 0 Å². The molecule has 19 heavy (non-hydrogen) atoms. The quantitative estimate of drug-likeness (QED) is 0.750. The van der Waals surface area contributed by atoms with E-state index in [0.717, 1.165) is 31.4 Å². The fourth-order valence-corrected chi connectivity index (χ4v) is 2.24. The van der Waals surface area contributed by atoms with Gasteiger partial charge in [0.1, 0.15) is 0 Å². The lowest BCUT2D eigenvalue weighted by atomic mass is 9.93. The summed E-state index contributed by atoms with van der Waals surface area (Å²) >= 11 is 0. The zero-order valence-electron chi connectivity index (χ0n) is 11.8. The zero-order chi connectivity index (χ0) is 14.1. The number of hydrogen-bond acceptors (Lipinski definition) is 2. The van der Waals surface area contributed by atoms with Crippen molar-refractivity contribution in [1.82, 2.24) is 10.6 Å². The minimum Gasteiger partial charge on any atom is -0.381 e. The molecule has 1 saturated carbocycles. The SMILES string of the molecule is C=C/C=C(\C=C/C)NC(=O)NC1CCC(OC)CC1. The largest absolute Gasteiger partial charge is 0.381 e. The summed E-state index contributed by atoms with van der Waals surface area (Å²) in [7, 11) is 1.74. The Morgan fingerprint density at radius 2 is 2.00 bits per heavy atom. The van der Waals surface area contributed by atoms with Gasteiger partial charge in [-0.15, -0.1) is 0 Å². The molecule has 1 rings (SSSR count). The highest BCUT2D eigenvalue weighted by atomic mass is 16.5. The molecule has 0 aromatic carbocycles. The van der Waals surface area contributed by atoms with Crippen molar-refractivity contribution in [1.29, 1.82) is 0 Å². The third-order valence-electron chi connectivity index (χ3n) is 3.24. The molecule has 0 spiro atoms. The number of ether oxygens (including phenoxy) is 1. The molecule has 2 N–H and O–H groups in total. The Balaban J connectivity index is 2.39. The molecule has 1 aliphatic carbocycles. The molecular weight excluding hydrogens is 240 g/mol. The van der Waals surface area contributed by atoms with Gasteiger partial charge in [-0.1, -0.05) is 18.7 Å². The van der Waals surface area contributed by atoms with Gasteiger partial charge in [-0.3, -0.25) is 0 Å². The van der Waals surface area contributed by atoms with Crippen LogP contribution in [0.1, 0.15) is 32.6 Å². The number of nitrogens with one attached hydrogen (secondary N) is 2. The maximum atomic E-state index is 11.9. The fraction of sp³-hybridized carbons (Fsp3) is 0.533. The second kappa shape index (κ2) is 8.53. The molecule has 0 aliphatic heterocycles. The normalized spacial score (nSPS) is 24.2. The highest BCUT2D eigenvalue weighted by Crippen LogP contribution is 2.20. The Kier molecular flexibility index (Phi) is 6.97. The van der Waals surface area contributed by atoms with E-state index in [2.05, 4.69) is 17.2 Å². The van der Waals surface area contributed by atoms with Crippen LogP contribution >= 0.6 is 0 Å². The van der Waals surface area contributed by atoms with Gasteiger partial charge in [-0.2, -0.15) is 0 Å². The van der Waals surface area contributed by atoms with Crippen LogP contribution in [0.3, 0.4) is 0 Å². The van der Waals surface area contributed by atoms with Crippen molar-refractivity contribution in [2.75, 3.05) is 7.11 Å². The molecule has 0 aromatic rings. The van der Waals surface area contributed by atoms with Gasteiger partial charge in [-0.05, 0) is 44.8 Å². The van der Waals surface area contributed by atoms with Crippen LogP contribution in [0.5, 0.6) is 0 Å². The summed E-state index contributed by atoms with van der Waals surface area (Å²) in [4.78, 5) is 11.9. The molecule has 0 heterocycles. The first-order valence-corrected chi connectivity index (χ1v) is 6.75.